The number of hydrogen-bond acceptors (Lipinski definition) is 7. The van der Waals surface area contributed by atoms with Gasteiger partial charge in [-0.2, -0.15) is 15.1 Å². The van der Waals surface area contributed by atoms with Crippen molar-refractivity contribution in [3.63, 3.8) is 0 Å². The van der Waals surface area contributed by atoms with E-state index in [-0.39, 0.29) is 25.0 Å². The van der Waals surface area contributed by atoms with Crippen LogP contribution in [-0.4, -0.2) is 47.5 Å². The molecule has 0 saturated heterocycles. The van der Waals surface area contributed by atoms with E-state index in [1.807, 2.05) is 35.8 Å². The van der Waals surface area contributed by atoms with Crippen LogP contribution in [0.25, 0.3) is 10.8 Å². The van der Waals surface area contributed by atoms with Crippen LogP contribution in [0, 0.1) is 29.6 Å². The third-order valence-corrected chi connectivity index (χ3v) is 12.9. The molecule has 2 aliphatic heterocycles. The molecule has 2 atom stereocenters. The van der Waals surface area contributed by atoms with Gasteiger partial charge < -0.3 is 19.2 Å². The minimum absolute atomic E-state index is 0.115. The summed E-state index contributed by atoms with van der Waals surface area (Å²) in [5.41, 5.74) is 10.9. The average Bonchev–Trinajstić information content (AvgIpc) is 4.03. The maximum Gasteiger partial charge on any atom is 0.309 e. The van der Waals surface area contributed by atoms with E-state index in [2.05, 4.69) is 105 Å². The largest absolute Gasteiger partial charge is 0.481 e. The summed E-state index contributed by atoms with van der Waals surface area (Å²) in [6, 6.07) is 26.0. The Morgan fingerprint density at radius 1 is 1.06 bits per heavy atom. The SMILES string of the molecule is CCCCC1(CC=C(C)C)/C(=C/C=C2\CCC(/C=C(\C#N)C3=[N+](CCC(=O)O)c4ccc(C)cc4C3(C)Cc3ccoc3)=C2C#N)N(CCOC=O)c2c1ccc1ccccc21. The van der Waals surface area contributed by atoms with Crippen molar-refractivity contribution >= 4 is 40.3 Å². The van der Waals surface area contributed by atoms with Crippen LogP contribution in [0.2, 0.25) is 0 Å². The fourth-order valence-corrected chi connectivity index (χ4v) is 9.98. The summed E-state index contributed by atoms with van der Waals surface area (Å²) in [5.74, 6) is -0.925. The third kappa shape index (κ3) is 8.20. The van der Waals surface area contributed by atoms with Crippen LogP contribution in [0.3, 0.4) is 0 Å². The monoisotopic (exact) mass is 827 g/mol. The number of nitrogens with zero attached hydrogens (tertiary/aromatic N) is 4. The van der Waals surface area contributed by atoms with Gasteiger partial charge in [0.15, 0.2) is 6.54 Å². The molecular formula is C53H55N4O5+. The molecule has 0 saturated carbocycles. The van der Waals surface area contributed by atoms with Gasteiger partial charge in [-0.15, -0.1) is 0 Å². The number of ether oxygens (including phenoxy) is 1. The first-order valence-corrected chi connectivity index (χ1v) is 21.6. The topological polar surface area (TPSA) is 131 Å². The highest BCUT2D eigenvalue weighted by molar-refractivity contribution is 6.10. The lowest BCUT2D eigenvalue weighted by molar-refractivity contribution is -0.437. The van der Waals surface area contributed by atoms with Crippen molar-refractivity contribution < 1.29 is 28.4 Å². The highest BCUT2D eigenvalue weighted by atomic mass is 16.5. The van der Waals surface area contributed by atoms with E-state index in [0.717, 1.165) is 87.1 Å². The van der Waals surface area contributed by atoms with Crippen LogP contribution in [-0.2, 0) is 31.6 Å². The molecule has 0 bridgehead atoms. The number of anilines is 1. The molecule has 9 heteroatoms. The van der Waals surface area contributed by atoms with Crippen molar-refractivity contribution in [3.8, 4) is 12.1 Å². The standard InChI is InChI=1S/C53H54N4O5/c1-6-7-23-53(24-20-36(2)3)45-17-15-39-10-8-9-11-43(39)50(45)57(26-28-62-35-58)48(53)19-16-40-13-14-41(44(40)33-55)30-42(32-54)51-52(5,31-38-22-27-61-34-38)46-29-37(4)12-18-47(46)56(51)25-21-49(59)60/h8-12,15-20,22,27,29-30,34-35H,6-7,13-14,21,23-26,28,31H2,1-5H3/p+1. The first kappa shape index (κ1) is 43.4. The number of aliphatic carboxylic acids is 1. The van der Waals surface area contributed by atoms with Gasteiger partial charge in [0.05, 0.1) is 41.8 Å². The predicted octanol–water partition coefficient (Wildman–Crippen LogP) is 11.2. The van der Waals surface area contributed by atoms with Crippen molar-refractivity contribution in [1.29, 1.82) is 10.5 Å². The Morgan fingerprint density at radius 3 is 2.60 bits per heavy atom. The van der Waals surface area contributed by atoms with Gasteiger partial charge in [0.1, 0.15) is 24.7 Å². The van der Waals surface area contributed by atoms with Crippen LogP contribution in [0.5, 0.6) is 0 Å². The van der Waals surface area contributed by atoms with Gasteiger partial charge >= 0.3 is 5.97 Å². The number of carbonyl (C=O) groups excluding carboxylic acids is 1. The summed E-state index contributed by atoms with van der Waals surface area (Å²) in [4.78, 5) is 25.8. The molecule has 0 amide bonds. The molecule has 316 valence electrons. The lowest BCUT2D eigenvalue weighted by atomic mass is 9.72. The average molecular weight is 828 g/mol. The van der Waals surface area contributed by atoms with Gasteiger partial charge in [-0.05, 0) is 112 Å². The number of carbonyl (C=O) groups is 2. The highest BCUT2D eigenvalue weighted by Crippen LogP contribution is 2.56. The molecule has 3 aliphatic rings. The number of furan rings is 1. The molecular weight excluding hydrogens is 773 g/mol. The Bertz CT molecular complexity index is 2680. The van der Waals surface area contributed by atoms with E-state index < -0.39 is 11.4 Å². The van der Waals surface area contributed by atoms with Crippen LogP contribution in [0.15, 0.2) is 135 Å². The van der Waals surface area contributed by atoms with Crippen LogP contribution < -0.4 is 4.90 Å². The van der Waals surface area contributed by atoms with Crippen LogP contribution in [0.4, 0.5) is 11.4 Å². The molecule has 2 unspecified atom stereocenters. The molecule has 9 nitrogen and oxygen atoms in total. The molecule has 0 fully saturated rings. The Balaban J connectivity index is 1.39. The number of fused-ring (bicyclic) bond motifs is 4. The summed E-state index contributed by atoms with van der Waals surface area (Å²) < 4.78 is 12.8. The fraction of sp³-hybridized carbons (Fsp3) is 0.340. The molecule has 7 rings (SSSR count). The van der Waals surface area contributed by atoms with E-state index in [1.165, 1.54) is 11.1 Å². The first-order chi connectivity index (χ1) is 30.0. The minimum Gasteiger partial charge on any atom is -0.481 e. The zero-order valence-corrected chi connectivity index (χ0v) is 36.5. The van der Waals surface area contributed by atoms with E-state index in [4.69, 9.17) is 9.15 Å². The van der Waals surface area contributed by atoms with Gasteiger partial charge in [0.25, 0.3) is 6.47 Å². The summed E-state index contributed by atoms with van der Waals surface area (Å²) in [6.07, 6.45) is 17.1. The number of nitriles is 2. The van der Waals surface area contributed by atoms with Gasteiger partial charge in [0.2, 0.25) is 11.4 Å². The van der Waals surface area contributed by atoms with Gasteiger partial charge in [-0.1, -0.05) is 85.5 Å². The number of hydrogen-bond donors (Lipinski definition) is 1. The second-order valence-corrected chi connectivity index (χ2v) is 17.2. The first-order valence-electron chi connectivity index (χ1n) is 21.6. The van der Waals surface area contributed by atoms with E-state index in [9.17, 15) is 25.2 Å². The van der Waals surface area contributed by atoms with Crippen molar-refractivity contribution in [2.45, 2.75) is 96.8 Å². The number of rotatable bonds is 17. The molecule has 4 aromatic rings. The van der Waals surface area contributed by atoms with E-state index >= 15 is 0 Å². The Labute approximate surface area is 364 Å². The fourth-order valence-electron chi connectivity index (χ4n) is 9.98. The number of allylic oxidation sites excluding steroid dienone is 10. The highest BCUT2D eigenvalue weighted by Gasteiger charge is 2.51. The number of benzene rings is 3. The summed E-state index contributed by atoms with van der Waals surface area (Å²) in [7, 11) is 0. The zero-order chi connectivity index (χ0) is 44.0. The predicted molar refractivity (Wildman–Crippen MR) is 243 cm³/mol. The molecule has 3 aromatic carbocycles. The Morgan fingerprint density at radius 2 is 1.89 bits per heavy atom. The molecule has 1 aromatic heterocycles. The molecule has 62 heavy (non-hydrogen) atoms. The van der Waals surface area contributed by atoms with E-state index in [0.29, 0.717) is 43.4 Å². The maximum absolute atomic E-state index is 12.0. The normalized spacial score (nSPS) is 20.8. The molecule has 0 spiro atoms. The van der Waals surface area contributed by atoms with E-state index in [1.54, 1.807) is 12.5 Å². The smallest absolute Gasteiger partial charge is 0.309 e. The Hall–Kier alpha value is -6.71. The molecule has 1 N–H and O–H groups in total. The third-order valence-electron chi connectivity index (χ3n) is 12.9. The van der Waals surface area contributed by atoms with Crippen LogP contribution >= 0.6 is 0 Å². The number of unbranched alkanes of at least 4 members (excludes halogenated alkanes) is 1. The van der Waals surface area contributed by atoms with Gasteiger partial charge in [-0.3, -0.25) is 9.59 Å². The lowest BCUT2D eigenvalue weighted by Gasteiger charge is -2.33. The molecule has 3 heterocycles. The lowest BCUT2D eigenvalue weighted by Crippen LogP contribution is -2.36. The minimum atomic E-state index is -0.925. The zero-order valence-electron chi connectivity index (χ0n) is 36.5. The van der Waals surface area contributed by atoms with Crippen molar-refractivity contribution in [1.82, 2.24) is 0 Å². The van der Waals surface area contributed by atoms with Crippen LogP contribution in [0.1, 0.15) is 94.9 Å². The number of carboxylic acids is 1. The number of aryl methyl sites for hydroxylation is 1. The quantitative estimate of drug-likeness (QED) is 0.0366. The summed E-state index contributed by atoms with van der Waals surface area (Å²) >= 11 is 0. The Kier molecular flexibility index (Phi) is 12.9. The van der Waals surface area contributed by atoms with Crippen molar-refractivity contribution in [3.05, 3.63) is 153 Å². The molecule has 0 radical (unpaired) electrons. The second kappa shape index (κ2) is 18.5. The second-order valence-electron chi connectivity index (χ2n) is 17.2. The number of carboxylic acid groups (broad SMARTS) is 1. The maximum atomic E-state index is 12.0. The van der Waals surface area contributed by atoms with Crippen molar-refractivity contribution in [2.24, 2.45) is 0 Å². The van der Waals surface area contributed by atoms with Crippen molar-refractivity contribution in [2.75, 3.05) is 24.6 Å². The van der Waals surface area contributed by atoms with Gasteiger partial charge in [-0.25, -0.2) is 0 Å². The summed E-state index contributed by atoms with van der Waals surface area (Å²) in [5, 5.41) is 34.0. The summed E-state index contributed by atoms with van der Waals surface area (Å²) in [6.45, 7) is 12.0. The molecule has 1 aliphatic carbocycles. The van der Waals surface area contributed by atoms with Gasteiger partial charge in [0, 0.05) is 28.1 Å².